The Morgan fingerprint density at radius 3 is 2.52 bits per heavy atom. The zero-order valence-electron chi connectivity index (χ0n) is 14.3. The smallest absolute Gasteiger partial charge is 0.339 e. The summed E-state index contributed by atoms with van der Waals surface area (Å²) in [5, 5.41) is 11.8. The number of hydrogen-bond donors (Lipinski definition) is 2. The van der Waals surface area contributed by atoms with E-state index in [4.69, 9.17) is 34.0 Å². The quantitative estimate of drug-likeness (QED) is 0.676. The van der Waals surface area contributed by atoms with E-state index in [1.54, 1.807) is 0 Å². The van der Waals surface area contributed by atoms with Crippen molar-refractivity contribution in [3.63, 3.8) is 0 Å². The highest BCUT2D eigenvalue weighted by atomic mass is 35.5. The molecule has 1 aromatic carbocycles. The van der Waals surface area contributed by atoms with Crippen LogP contribution in [0.1, 0.15) is 58.3 Å². The summed E-state index contributed by atoms with van der Waals surface area (Å²) in [6.45, 7) is 0. The molecule has 0 radical (unpaired) electrons. The number of rotatable bonds is 2. The Morgan fingerprint density at radius 2 is 2.00 bits per heavy atom. The Labute approximate surface area is 164 Å². The lowest BCUT2D eigenvalue weighted by molar-refractivity contribution is 0.0684. The molecule has 0 amide bonds. The number of carbonyl (C=O) groups is 1. The molecule has 0 aliphatic heterocycles. The fourth-order valence-electron chi connectivity index (χ4n) is 3.91. The second kappa shape index (κ2) is 7.48. The van der Waals surface area contributed by atoms with Crippen LogP contribution in [-0.4, -0.2) is 20.9 Å². The number of carboxylic acid groups (broad SMARTS) is 1. The lowest BCUT2D eigenvalue weighted by Crippen LogP contribution is -2.01. The van der Waals surface area contributed by atoms with Crippen molar-refractivity contribution in [2.75, 3.05) is 5.73 Å². The summed E-state index contributed by atoms with van der Waals surface area (Å²) < 4.78 is 25.6. The molecule has 2 bridgehead atoms. The van der Waals surface area contributed by atoms with Gasteiger partial charge in [0.1, 0.15) is 15.7 Å². The second-order valence-corrected chi connectivity index (χ2v) is 7.41. The van der Waals surface area contributed by atoms with Gasteiger partial charge in [0.2, 0.25) is 0 Å². The number of fused-ring (bicyclic) bond motifs is 5. The summed E-state index contributed by atoms with van der Waals surface area (Å²) in [7, 11) is 1.39. The van der Waals surface area contributed by atoms with Gasteiger partial charge in [0.15, 0.2) is 0 Å². The third-order valence-electron chi connectivity index (χ3n) is 4.90. The van der Waals surface area contributed by atoms with Crippen LogP contribution < -0.4 is 5.73 Å². The first-order valence-electron chi connectivity index (χ1n) is 8.20. The number of alkyl halides is 2. The number of aromatic carboxylic acids is 1. The van der Waals surface area contributed by atoms with Gasteiger partial charge in [0.05, 0.1) is 0 Å². The molecule has 1 aromatic heterocycles. The van der Waals surface area contributed by atoms with Gasteiger partial charge in [-0.3, -0.25) is 4.68 Å². The molecule has 2 aromatic rings. The van der Waals surface area contributed by atoms with E-state index in [-0.39, 0.29) is 0 Å². The van der Waals surface area contributed by atoms with Crippen molar-refractivity contribution in [1.82, 2.24) is 9.78 Å². The maximum absolute atomic E-state index is 12.1. The largest absolute Gasteiger partial charge is 0.478 e. The summed E-state index contributed by atoms with van der Waals surface area (Å²) in [5.41, 5.74) is 9.54. The van der Waals surface area contributed by atoms with Crippen LogP contribution in [0.2, 0.25) is 0 Å². The molecule has 2 aliphatic carbocycles. The van der Waals surface area contributed by atoms with E-state index in [0.29, 0.717) is 16.3 Å². The summed E-state index contributed by atoms with van der Waals surface area (Å²) in [5.74, 6) is -0.604. The topological polar surface area (TPSA) is 81.1 Å². The number of aromatic nitrogens is 2. The lowest BCUT2D eigenvalue weighted by Gasteiger charge is -2.15. The number of halogens is 4. The maximum Gasteiger partial charge on any atom is 0.339 e. The highest BCUT2D eigenvalue weighted by Crippen LogP contribution is 2.60. The van der Waals surface area contributed by atoms with E-state index in [1.165, 1.54) is 23.7 Å². The molecular formula is C18H17Cl2F2N3O2. The number of hydrogen-bond acceptors (Lipinski definition) is 3. The predicted octanol–water partition coefficient (Wildman–Crippen LogP) is 4.99. The predicted molar refractivity (Wildman–Crippen MR) is 99.4 cm³/mol. The van der Waals surface area contributed by atoms with E-state index in [2.05, 4.69) is 11.2 Å². The third kappa shape index (κ3) is 3.53. The van der Waals surface area contributed by atoms with E-state index < -0.39 is 23.7 Å². The molecule has 2 unspecified atom stereocenters. The standard InChI is InChI=1S/C12H11Cl2N.C6H6F2N2O2/c13-12(14)11-7-4-5-8(11)10-6(7)2-1-3-9(10)15;1-10-2-3(6(11)12)4(9-10)5(7)8/h1-3,7-8H,4-5,15H2;2,5H,1H3,(H,11,12). The van der Waals surface area contributed by atoms with Crippen molar-refractivity contribution in [2.24, 2.45) is 7.05 Å². The Hall–Kier alpha value is -2.12. The summed E-state index contributed by atoms with van der Waals surface area (Å²) in [6.07, 6.45) is 0.477. The van der Waals surface area contributed by atoms with E-state index in [9.17, 15) is 13.6 Å². The first kappa shape index (κ1) is 19.6. The number of carboxylic acids is 1. The molecule has 144 valence electrons. The van der Waals surface area contributed by atoms with Crippen LogP contribution >= 0.6 is 23.2 Å². The Bertz CT molecular complexity index is 923. The van der Waals surface area contributed by atoms with Crippen LogP contribution in [0.3, 0.4) is 0 Å². The van der Waals surface area contributed by atoms with Crippen LogP contribution in [0.5, 0.6) is 0 Å². The molecule has 0 saturated heterocycles. The number of anilines is 1. The third-order valence-corrected chi connectivity index (χ3v) is 5.34. The van der Waals surface area contributed by atoms with Gasteiger partial charge in [-0.15, -0.1) is 0 Å². The minimum atomic E-state index is -2.85. The van der Waals surface area contributed by atoms with Crippen LogP contribution in [-0.2, 0) is 7.05 Å². The fraction of sp³-hybridized carbons (Fsp3) is 0.333. The molecule has 1 heterocycles. The summed E-state index contributed by atoms with van der Waals surface area (Å²) in [4.78, 5) is 10.4. The summed E-state index contributed by atoms with van der Waals surface area (Å²) in [6, 6.07) is 6.11. The van der Waals surface area contributed by atoms with Crippen LogP contribution in [0.15, 0.2) is 34.5 Å². The monoisotopic (exact) mass is 415 g/mol. The van der Waals surface area contributed by atoms with Crippen molar-refractivity contribution in [3.05, 3.63) is 56.8 Å². The fourth-order valence-corrected chi connectivity index (χ4v) is 4.44. The van der Waals surface area contributed by atoms with Crippen LogP contribution in [0, 0.1) is 0 Å². The molecule has 27 heavy (non-hydrogen) atoms. The molecule has 4 rings (SSSR count). The first-order chi connectivity index (χ1) is 12.7. The highest BCUT2D eigenvalue weighted by Gasteiger charge is 2.43. The molecule has 2 atom stereocenters. The van der Waals surface area contributed by atoms with Crippen LogP contribution in [0.4, 0.5) is 14.5 Å². The van der Waals surface area contributed by atoms with Gasteiger partial charge in [-0.2, -0.15) is 5.10 Å². The van der Waals surface area contributed by atoms with Crippen molar-refractivity contribution in [3.8, 4) is 0 Å². The maximum atomic E-state index is 12.1. The molecular weight excluding hydrogens is 399 g/mol. The molecule has 1 fully saturated rings. The average Bonchev–Trinajstić information content (AvgIpc) is 3.27. The number of benzene rings is 1. The number of nitrogens with zero attached hydrogens (tertiary/aromatic N) is 2. The normalized spacial score (nSPS) is 19.7. The van der Waals surface area contributed by atoms with Gasteiger partial charge >= 0.3 is 5.97 Å². The molecule has 2 aliphatic rings. The van der Waals surface area contributed by atoms with Crippen molar-refractivity contribution < 1.29 is 18.7 Å². The first-order valence-corrected chi connectivity index (χ1v) is 8.96. The lowest BCUT2D eigenvalue weighted by atomic mass is 9.91. The SMILES string of the molecule is Cn1cc(C(=O)O)c(C(F)F)n1.Nc1cccc2c1C1CCC2C1=C(Cl)Cl. The molecule has 5 nitrogen and oxygen atoms in total. The van der Waals surface area contributed by atoms with Gasteiger partial charge in [-0.05, 0) is 35.6 Å². The van der Waals surface area contributed by atoms with E-state index in [1.807, 2.05) is 12.1 Å². The number of nitrogens with two attached hydrogens (primary N) is 1. The van der Waals surface area contributed by atoms with Crippen LogP contribution in [0.25, 0.3) is 0 Å². The van der Waals surface area contributed by atoms with Gasteiger partial charge in [0, 0.05) is 30.8 Å². The molecule has 9 heteroatoms. The number of allylic oxidation sites excluding steroid dienone is 1. The average molecular weight is 416 g/mol. The Morgan fingerprint density at radius 1 is 1.33 bits per heavy atom. The Kier molecular flexibility index (Phi) is 5.44. The van der Waals surface area contributed by atoms with Gasteiger partial charge in [-0.1, -0.05) is 35.3 Å². The van der Waals surface area contributed by atoms with Gasteiger partial charge in [0.25, 0.3) is 6.43 Å². The molecule has 1 saturated carbocycles. The highest BCUT2D eigenvalue weighted by molar-refractivity contribution is 6.56. The second-order valence-electron chi connectivity index (χ2n) is 6.46. The van der Waals surface area contributed by atoms with Crippen molar-refractivity contribution >= 4 is 34.9 Å². The molecule has 3 N–H and O–H groups in total. The minimum absolute atomic E-state index is 0.371. The van der Waals surface area contributed by atoms with Gasteiger partial charge in [-0.25, -0.2) is 13.6 Å². The van der Waals surface area contributed by atoms with Gasteiger partial charge < -0.3 is 10.8 Å². The zero-order valence-corrected chi connectivity index (χ0v) is 15.8. The Balaban J connectivity index is 0.000000161. The van der Waals surface area contributed by atoms with Crippen molar-refractivity contribution in [1.29, 1.82) is 0 Å². The number of nitrogen functional groups attached to an aromatic ring is 1. The zero-order chi connectivity index (χ0) is 19.9. The number of aryl methyl sites for hydroxylation is 1. The molecule has 0 spiro atoms. The van der Waals surface area contributed by atoms with E-state index in [0.717, 1.165) is 29.4 Å². The van der Waals surface area contributed by atoms with Crippen molar-refractivity contribution in [2.45, 2.75) is 31.1 Å². The summed E-state index contributed by atoms with van der Waals surface area (Å²) >= 11 is 11.9. The minimum Gasteiger partial charge on any atom is -0.478 e. The van der Waals surface area contributed by atoms with E-state index >= 15 is 0 Å².